The third kappa shape index (κ3) is 2.98. The van der Waals surface area contributed by atoms with E-state index >= 15 is 4.39 Å². The van der Waals surface area contributed by atoms with Crippen molar-refractivity contribution in [1.82, 2.24) is 9.47 Å². The number of hydrogen-bond donors (Lipinski definition) is 1. The van der Waals surface area contributed by atoms with Crippen LogP contribution in [0.4, 0.5) is 14.5 Å². The minimum atomic E-state index is -1.37. The van der Waals surface area contributed by atoms with Crippen LogP contribution < -0.4 is 10.3 Å². The molecular weight excluding hydrogens is 376 g/mol. The Labute approximate surface area is 158 Å². The predicted octanol–water partition coefficient (Wildman–Crippen LogP) is 2.03. The summed E-state index contributed by atoms with van der Waals surface area (Å²) >= 11 is 1.23. The van der Waals surface area contributed by atoms with Gasteiger partial charge in [-0.3, -0.25) is 4.79 Å². The largest absolute Gasteiger partial charge is 0.477 e. The molecule has 1 N–H and O–H groups in total. The molecule has 1 atom stereocenters. The van der Waals surface area contributed by atoms with Crippen LogP contribution in [0.15, 0.2) is 22.0 Å². The minimum Gasteiger partial charge on any atom is -0.477 e. The lowest BCUT2D eigenvalue weighted by molar-refractivity contribution is 0.0694. The third-order valence-corrected chi connectivity index (χ3v) is 6.38. The number of aromatic carboxylic acids is 1. The summed E-state index contributed by atoms with van der Waals surface area (Å²) in [5, 5.41) is 8.88. The molecule has 4 rings (SSSR count). The summed E-state index contributed by atoms with van der Waals surface area (Å²) in [6.45, 7) is 2.42. The number of benzene rings is 1. The lowest BCUT2D eigenvalue weighted by Crippen LogP contribution is -2.45. The van der Waals surface area contributed by atoms with Crippen LogP contribution in [0.25, 0.3) is 10.9 Å². The molecule has 2 aliphatic heterocycles. The molecule has 9 heteroatoms. The zero-order valence-electron chi connectivity index (χ0n) is 14.7. The fourth-order valence-corrected chi connectivity index (χ4v) is 5.03. The van der Waals surface area contributed by atoms with E-state index in [4.69, 9.17) is 0 Å². The summed E-state index contributed by atoms with van der Waals surface area (Å²) < 4.78 is 30.2. The Morgan fingerprint density at radius 1 is 1.33 bits per heavy atom. The topological polar surface area (TPSA) is 65.8 Å². The first-order valence-electron chi connectivity index (χ1n) is 8.69. The normalized spacial score (nSPS) is 20.3. The van der Waals surface area contributed by atoms with Crippen molar-refractivity contribution in [3.63, 3.8) is 0 Å². The van der Waals surface area contributed by atoms with E-state index < -0.39 is 34.7 Å². The SMILES string of the molecule is CN1CCN(c2c(F)cc3c(=O)c(C(=O)O)cn4c3c2SC(CF)C4)CC1. The number of pyridine rings is 1. The number of likely N-dealkylation sites (N-methyl/N-ethyl adjacent to an activating group) is 1. The first-order valence-corrected chi connectivity index (χ1v) is 9.57. The molecule has 1 aromatic heterocycles. The average molecular weight is 395 g/mol. The maximum Gasteiger partial charge on any atom is 0.341 e. The van der Waals surface area contributed by atoms with Crippen LogP contribution in [0, 0.1) is 5.82 Å². The highest BCUT2D eigenvalue weighted by atomic mass is 32.2. The summed E-state index contributed by atoms with van der Waals surface area (Å²) in [6.07, 6.45) is 1.25. The number of aromatic nitrogens is 1. The molecule has 0 aliphatic carbocycles. The summed E-state index contributed by atoms with van der Waals surface area (Å²) in [7, 11) is 2.00. The quantitative estimate of drug-likeness (QED) is 0.858. The number of anilines is 1. The van der Waals surface area contributed by atoms with Gasteiger partial charge in [-0.2, -0.15) is 0 Å². The van der Waals surface area contributed by atoms with Gasteiger partial charge in [0, 0.05) is 38.9 Å². The number of thioether (sulfide) groups is 1. The molecule has 1 saturated heterocycles. The van der Waals surface area contributed by atoms with Crippen LogP contribution >= 0.6 is 11.8 Å². The van der Waals surface area contributed by atoms with Crippen molar-refractivity contribution >= 4 is 34.3 Å². The third-order valence-electron chi connectivity index (χ3n) is 5.15. The van der Waals surface area contributed by atoms with E-state index in [0.29, 0.717) is 29.2 Å². The number of carboxylic acids is 1. The molecule has 0 amide bonds. The van der Waals surface area contributed by atoms with Crippen LogP contribution in [0.1, 0.15) is 10.4 Å². The molecule has 27 heavy (non-hydrogen) atoms. The molecule has 0 saturated carbocycles. The van der Waals surface area contributed by atoms with Gasteiger partial charge in [0.25, 0.3) is 0 Å². The molecule has 2 aliphatic rings. The Hall–Kier alpha value is -2.13. The highest BCUT2D eigenvalue weighted by molar-refractivity contribution is 8.00. The van der Waals surface area contributed by atoms with Crippen molar-refractivity contribution in [2.24, 2.45) is 0 Å². The zero-order chi connectivity index (χ0) is 19.3. The second kappa shape index (κ2) is 6.79. The number of carboxylic acid groups (broad SMARTS) is 1. The molecule has 1 unspecified atom stereocenters. The van der Waals surface area contributed by atoms with Crippen molar-refractivity contribution < 1.29 is 18.7 Å². The highest BCUT2D eigenvalue weighted by Gasteiger charge is 2.31. The number of carbonyl (C=O) groups is 1. The fraction of sp³-hybridized carbons (Fsp3) is 0.444. The second-order valence-corrected chi connectivity index (χ2v) is 8.26. The van der Waals surface area contributed by atoms with Gasteiger partial charge in [0.05, 0.1) is 26.7 Å². The number of nitrogens with zero attached hydrogens (tertiary/aromatic N) is 3. The molecule has 0 bridgehead atoms. The molecule has 2 aromatic rings. The summed E-state index contributed by atoms with van der Waals surface area (Å²) in [5.41, 5.74) is -0.257. The lowest BCUT2D eigenvalue weighted by atomic mass is 10.1. The van der Waals surface area contributed by atoms with Gasteiger partial charge in [-0.1, -0.05) is 0 Å². The smallest absolute Gasteiger partial charge is 0.341 e. The Kier molecular flexibility index (Phi) is 4.59. The molecule has 0 radical (unpaired) electrons. The number of halogens is 2. The summed E-state index contributed by atoms with van der Waals surface area (Å²) in [5.74, 6) is -1.94. The van der Waals surface area contributed by atoms with Gasteiger partial charge in [0.1, 0.15) is 18.1 Å². The Morgan fingerprint density at radius 2 is 2.04 bits per heavy atom. The highest BCUT2D eigenvalue weighted by Crippen LogP contribution is 2.44. The van der Waals surface area contributed by atoms with Crippen LogP contribution in [0.5, 0.6) is 0 Å². The molecule has 3 heterocycles. The van der Waals surface area contributed by atoms with Crippen molar-refractivity contribution in [2.75, 3.05) is 44.8 Å². The van der Waals surface area contributed by atoms with E-state index in [1.165, 1.54) is 18.0 Å². The Bertz CT molecular complexity index is 986. The zero-order valence-corrected chi connectivity index (χ0v) is 15.6. The number of alkyl halides is 1. The Balaban J connectivity index is 1.99. The predicted molar refractivity (Wildman–Crippen MR) is 100 cm³/mol. The van der Waals surface area contributed by atoms with Crippen LogP contribution in [0.2, 0.25) is 0 Å². The van der Waals surface area contributed by atoms with Gasteiger partial charge in [-0.25, -0.2) is 13.6 Å². The van der Waals surface area contributed by atoms with Gasteiger partial charge >= 0.3 is 5.97 Å². The molecule has 144 valence electrons. The molecule has 0 spiro atoms. The van der Waals surface area contributed by atoms with E-state index in [9.17, 15) is 19.1 Å². The van der Waals surface area contributed by atoms with Gasteiger partial charge in [0.2, 0.25) is 5.43 Å². The monoisotopic (exact) mass is 395 g/mol. The maximum absolute atomic E-state index is 15.1. The van der Waals surface area contributed by atoms with E-state index in [1.807, 2.05) is 11.9 Å². The Morgan fingerprint density at radius 3 is 2.67 bits per heavy atom. The van der Waals surface area contributed by atoms with Crippen LogP contribution in [-0.2, 0) is 6.54 Å². The number of hydrogen-bond acceptors (Lipinski definition) is 5. The van der Waals surface area contributed by atoms with Gasteiger partial charge in [-0.15, -0.1) is 11.8 Å². The molecule has 1 aromatic carbocycles. The molecule has 6 nitrogen and oxygen atoms in total. The average Bonchev–Trinajstić information content (AvgIpc) is 2.64. The van der Waals surface area contributed by atoms with Crippen LogP contribution in [-0.4, -0.2) is 65.7 Å². The van der Waals surface area contributed by atoms with Gasteiger partial charge in [-0.05, 0) is 13.1 Å². The van der Waals surface area contributed by atoms with E-state index in [2.05, 4.69) is 4.90 Å². The van der Waals surface area contributed by atoms with E-state index in [0.717, 1.165) is 19.2 Å². The molecular formula is C18H19F2N3O3S. The molecule has 1 fully saturated rings. The van der Waals surface area contributed by atoms with E-state index in [-0.39, 0.29) is 11.9 Å². The van der Waals surface area contributed by atoms with Crippen LogP contribution in [0.3, 0.4) is 0 Å². The van der Waals surface area contributed by atoms with Crippen molar-refractivity contribution in [1.29, 1.82) is 0 Å². The van der Waals surface area contributed by atoms with Gasteiger partial charge in [0.15, 0.2) is 0 Å². The second-order valence-electron chi connectivity index (χ2n) is 6.95. The van der Waals surface area contributed by atoms with Crippen molar-refractivity contribution in [3.8, 4) is 0 Å². The van der Waals surface area contributed by atoms with Gasteiger partial charge < -0.3 is 19.5 Å². The van der Waals surface area contributed by atoms with E-state index in [1.54, 1.807) is 4.57 Å². The fourth-order valence-electron chi connectivity index (χ4n) is 3.72. The van der Waals surface area contributed by atoms with Crippen molar-refractivity contribution in [3.05, 3.63) is 33.9 Å². The van der Waals surface area contributed by atoms with Crippen molar-refractivity contribution in [2.45, 2.75) is 16.7 Å². The minimum absolute atomic E-state index is 0.0325. The first-order chi connectivity index (χ1) is 12.9. The lowest BCUT2D eigenvalue weighted by Gasteiger charge is -2.37. The number of rotatable bonds is 3. The standard InChI is InChI=1S/C18H19F2N3O3S/c1-21-2-4-22(5-3-21)15-13(20)6-11-14-17(15)27-10(7-19)8-23(14)9-12(16(11)24)18(25)26/h6,9-10H,2-5,7-8H2,1H3,(H,25,26). The maximum atomic E-state index is 15.1. The first kappa shape index (κ1) is 18.2. The summed E-state index contributed by atoms with van der Waals surface area (Å²) in [4.78, 5) is 28.6. The summed E-state index contributed by atoms with van der Waals surface area (Å²) in [6, 6.07) is 1.13. The number of piperazine rings is 1.